The minimum Gasteiger partial charge on any atom is -0.455 e. The lowest BCUT2D eigenvalue weighted by atomic mass is 9.85. The largest absolute Gasteiger partial charge is 0.455 e. The molecule has 1 heteroatoms. The highest BCUT2D eigenvalue weighted by Crippen LogP contribution is 2.45. The minimum absolute atomic E-state index is 0.0600. The van der Waals surface area contributed by atoms with Gasteiger partial charge in [0, 0.05) is 16.3 Å². The van der Waals surface area contributed by atoms with Crippen molar-refractivity contribution in [2.24, 2.45) is 0 Å². The molecule has 0 saturated carbocycles. The zero-order valence-electron chi connectivity index (χ0n) is 32.9. The standard InChI is InChI=1S/C44H28O/c1-3-12-29(13-4-1)30-22-24-32(25-23-30)42-35-16-7-9-18-37(35)43(38-19-10-8-17-36(38)42)33-26-27-41-40(28-33)39-21-11-20-34(44(39)45-41)31-14-5-2-6-15-31/h1-28H/i1D,3D,4D,12D,13D,22D,23D,24D,25D. The number of hydrogen-bond acceptors (Lipinski definition) is 1. The summed E-state index contributed by atoms with van der Waals surface area (Å²) < 4.78 is 84.6. The van der Waals surface area contributed by atoms with Crippen LogP contribution in [0.2, 0.25) is 0 Å². The average molecular weight is 582 g/mol. The van der Waals surface area contributed by atoms with Gasteiger partial charge in [0.25, 0.3) is 0 Å². The van der Waals surface area contributed by atoms with Crippen LogP contribution >= 0.6 is 0 Å². The van der Waals surface area contributed by atoms with Gasteiger partial charge in [-0.05, 0) is 72.6 Å². The fourth-order valence-electron chi connectivity index (χ4n) is 6.45. The molecule has 0 bridgehead atoms. The van der Waals surface area contributed by atoms with E-state index in [1.54, 1.807) is 0 Å². The maximum absolute atomic E-state index is 9.29. The van der Waals surface area contributed by atoms with Crippen molar-refractivity contribution in [3.63, 3.8) is 0 Å². The second-order valence-electron chi connectivity index (χ2n) is 11.0. The lowest BCUT2D eigenvalue weighted by Gasteiger charge is -2.18. The van der Waals surface area contributed by atoms with Crippen molar-refractivity contribution in [1.82, 2.24) is 0 Å². The smallest absolute Gasteiger partial charge is 0.143 e. The second-order valence-corrected chi connectivity index (χ2v) is 11.0. The molecule has 1 nitrogen and oxygen atoms in total. The fraction of sp³-hybridized carbons (Fsp3) is 0. The lowest BCUT2D eigenvalue weighted by molar-refractivity contribution is 0.670. The van der Waals surface area contributed by atoms with E-state index in [-0.39, 0.29) is 28.8 Å². The number of fused-ring (bicyclic) bond motifs is 5. The van der Waals surface area contributed by atoms with E-state index in [9.17, 15) is 2.74 Å². The van der Waals surface area contributed by atoms with Gasteiger partial charge >= 0.3 is 0 Å². The van der Waals surface area contributed by atoms with Gasteiger partial charge in [-0.3, -0.25) is 0 Å². The first-order chi connectivity index (χ1) is 26.1. The van der Waals surface area contributed by atoms with Crippen LogP contribution in [0.4, 0.5) is 0 Å². The molecule has 0 amide bonds. The van der Waals surface area contributed by atoms with Crippen LogP contribution in [0.25, 0.3) is 88.0 Å². The van der Waals surface area contributed by atoms with Crippen LogP contribution < -0.4 is 0 Å². The monoisotopic (exact) mass is 581 g/mol. The summed E-state index contributed by atoms with van der Waals surface area (Å²) in [6.45, 7) is 0. The van der Waals surface area contributed by atoms with Crippen molar-refractivity contribution in [1.29, 1.82) is 0 Å². The normalized spacial score (nSPS) is 14.4. The average Bonchev–Trinajstić information content (AvgIpc) is 3.58. The van der Waals surface area contributed by atoms with Crippen molar-refractivity contribution >= 4 is 43.5 Å². The molecule has 0 aliphatic carbocycles. The van der Waals surface area contributed by atoms with E-state index in [1.807, 2.05) is 84.9 Å². The van der Waals surface area contributed by atoms with Crippen LogP contribution in [0.3, 0.4) is 0 Å². The Morgan fingerprint density at radius 3 is 1.60 bits per heavy atom. The SMILES string of the molecule is [2H]c1c([2H])c([2H])c(-c2c([2H])c([2H])c(-c3c4ccccc4c(-c4ccc5oc6c(-c7ccccc7)cccc6c5c4)c4ccccc34)c([2H])c2[2H])c([2H])c1[2H]. The molecular formula is C44H28O. The first-order valence-electron chi connectivity index (χ1n) is 19.2. The van der Waals surface area contributed by atoms with Gasteiger partial charge in [-0.25, -0.2) is 0 Å². The quantitative estimate of drug-likeness (QED) is 0.188. The molecule has 0 aliphatic rings. The van der Waals surface area contributed by atoms with Gasteiger partial charge in [0.05, 0.1) is 12.3 Å². The van der Waals surface area contributed by atoms with E-state index in [0.717, 1.165) is 55.0 Å². The van der Waals surface area contributed by atoms with E-state index >= 15 is 0 Å². The van der Waals surface area contributed by atoms with Gasteiger partial charge in [-0.1, -0.05) is 158 Å². The predicted octanol–water partition coefficient (Wildman–Crippen LogP) is 12.6. The molecule has 0 N–H and O–H groups in total. The van der Waals surface area contributed by atoms with Gasteiger partial charge < -0.3 is 4.42 Å². The van der Waals surface area contributed by atoms with E-state index < -0.39 is 42.3 Å². The first kappa shape index (κ1) is 18.0. The zero-order chi connectivity index (χ0) is 37.6. The molecule has 9 aromatic rings. The van der Waals surface area contributed by atoms with E-state index in [1.165, 1.54) is 0 Å². The van der Waals surface area contributed by atoms with Crippen LogP contribution in [0, 0.1) is 0 Å². The van der Waals surface area contributed by atoms with Crippen molar-refractivity contribution in [2.45, 2.75) is 0 Å². The molecule has 1 heterocycles. The van der Waals surface area contributed by atoms with Crippen LogP contribution in [0.1, 0.15) is 12.3 Å². The molecule has 1 aromatic heterocycles. The summed E-state index contributed by atoms with van der Waals surface area (Å²) in [5.74, 6) is 0. The molecule has 0 saturated heterocycles. The molecule has 45 heavy (non-hydrogen) atoms. The molecule has 0 spiro atoms. The van der Waals surface area contributed by atoms with Crippen molar-refractivity contribution in [3.8, 4) is 44.5 Å². The maximum Gasteiger partial charge on any atom is 0.143 e. The summed E-state index contributed by atoms with van der Waals surface area (Å²) in [4.78, 5) is 0. The Bertz CT molecular complexity index is 2930. The van der Waals surface area contributed by atoms with Gasteiger partial charge in [0.2, 0.25) is 0 Å². The Kier molecular flexibility index (Phi) is 4.15. The van der Waals surface area contributed by atoms with E-state index in [4.69, 9.17) is 14.0 Å². The summed E-state index contributed by atoms with van der Waals surface area (Å²) in [5.41, 5.74) is 5.36. The molecular weight excluding hydrogens is 544 g/mol. The van der Waals surface area contributed by atoms with Gasteiger partial charge in [0.1, 0.15) is 11.2 Å². The topological polar surface area (TPSA) is 13.1 Å². The number of hydrogen-bond donors (Lipinski definition) is 0. The minimum atomic E-state index is -0.613. The number of furan rings is 1. The molecule has 0 unspecified atom stereocenters. The van der Waals surface area contributed by atoms with Gasteiger partial charge in [0.15, 0.2) is 0 Å². The second kappa shape index (κ2) is 10.4. The molecule has 8 aromatic carbocycles. The number of para-hydroxylation sites is 1. The summed E-state index contributed by atoms with van der Waals surface area (Å²) >= 11 is 0. The summed E-state index contributed by atoms with van der Waals surface area (Å²) in [7, 11) is 0. The van der Waals surface area contributed by atoms with Crippen LogP contribution in [-0.4, -0.2) is 0 Å². The fourth-order valence-corrected chi connectivity index (χ4v) is 6.45. The maximum atomic E-state index is 9.29. The Morgan fingerprint density at radius 2 is 0.933 bits per heavy atom. The van der Waals surface area contributed by atoms with E-state index in [2.05, 4.69) is 30.3 Å². The van der Waals surface area contributed by atoms with Crippen LogP contribution in [0.5, 0.6) is 0 Å². The summed E-state index contributed by atoms with van der Waals surface area (Å²) in [6, 6.07) is 33.1. The molecule has 0 fully saturated rings. The molecule has 0 atom stereocenters. The van der Waals surface area contributed by atoms with Crippen molar-refractivity contribution in [3.05, 3.63) is 170 Å². The Morgan fingerprint density at radius 1 is 0.378 bits per heavy atom. The highest BCUT2D eigenvalue weighted by molar-refractivity contribution is 6.22. The van der Waals surface area contributed by atoms with Gasteiger partial charge in [-0.2, -0.15) is 0 Å². The first-order valence-corrected chi connectivity index (χ1v) is 14.7. The van der Waals surface area contributed by atoms with Crippen LogP contribution in [-0.2, 0) is 0 Å². The molecule has 0 aliphatic heterocycles. The highest BCUT2D eigenvalue weighted by Gasteiger charge is 2.18. The third kappa shape index (κ3) is 4.17. The molecule has 0 radical (unpaired) electrons. The summed E-state index contributed by atoms with van der Waals surface area (Å²) in [6.07, 6.45) is 0. The van der Waals surface area contributed by atoms with Crippen molar-refractivity contribution in [2.75, 3.05) is 0 Å². The molecule has 210 valence electrons. The van der Waals surface area contributed by atoms with Crippen LogP contribution in [0.15, 0.2) is 174 Å². The lowest BCUT2D eigenvalue weighted by Crippen LogP contribution is -1.91. The van der Waals surface area contributed by atoms with Crippen molar-refractivity contribution < 1.29 is 16.8 Å². The van der Waals surface area contributed by atoms with Gasteiger partial charge in [-0.15, -0.1) is 0 Å². The third-order valence-electron chi connectivity index (χ3n) is 8.43. The Labute approximate surface area is 274 Å². The summed E-state index contributed by atoms with van der Waals surface area (Å²) in [5, 5.41) is 5.06. The Balaban J connectivity index is 1.32. The zero-order valence-corrected chi connectivity index (χ0v) is 23.9. The number of benzene rings is 8. The number of rotatable bonds is 4. The highest BCUT2D eigenvalue weighted by atomic mass is 16.3. The predicted molar refractivity (Wildman–Crippen MR) is 190 cm³/mol. The third-order valence-corrected chi connectivity index (χ3v) is 8.43. The van der Waals surface area contributed by atoms with E-state index in [0.29, 0.717) is 16.3 Å². The Hall–Kier alpha value is -5.92. The molecule has 9 rings (SSSR count).